The molecular weight excluding hydrogens is 524 g/mol. The lowest BCUT2D eigenvalue weighted by Crippen LogP contribution is -1.95. The van der Waals surface area contributed by atoms with Gasteiger partial charge in [0, 0.05) is 42.7 Å². The maximum Gasteiger partial charge on any atom is 0.160 e. The van der Waals surface area contributed by atoms with Crippen LogP contribution in [0.1, 0.15) is 9.81 Å². The molecule has 5 aromatic carbocycles. The first-order chi connectivity index (χ1) is 22.4. The van der Waals surface area contributed by atoms with Gasteiger partial charge in [-0.05, 0) is 48.3 Å². The summed E-state index contributed by atoms with van der Waals surface area (Å²) in [6.45, 7) is -2.29. The second-order valence-corrected chi connectivity index (χ2v) is 10.5. The molecule has 202 valence electrons. The Balaban J connectivity index is 1.24. The average Bonchev–Trinajstić information content (AvgIpc) is 3.10. The van der Waals surface area contributed by atoms with Crippen molar-refractivity contribution in [1.82, 2.24) is 19.9 Å². The van der Waals surface area contributed by atoms with Crippen molar-refractivity contribution in [3.63, 3.8) is 0 Å². The fourth-order valence-corrected chi connectivity index (χ4v) is 5.63. The van der Waals surface area contributed by atoms with Gasteiger partial charge in [-0.15, -0.1) is 0 Å². The summed E-state index contributed by atoms with van der Waals surface area (Å²) < 4.78 is 23.5. The number of aryl methyl sites for hydroxylation is 1. The van der Waals surface area contributed by atoms with E-state index in [4.69, 9.17) is 19.1 Å². The topological polar surface area (TPSA) is 51.6 Å². The van der Waals surface area contributed by atoms with E-state index in [0.717, 1.165) is 60.9 Å². The molecular formula is C39H26N4. The molecule has 0 bridgehead atoms. The summed E-state index contributed by atoms with van der Waals surface area (Å²) in [5, 5.41) is 2.74. The number of hydrogen-bond donors (Lipinski definition) is 0. The maximum absolute atomic E-state index is 7.84. The molecule has 0 spiro atoms. The zero-order chi connectivity index (χ0) is 31.3. The van der Waals surface area contributed by atoms with Gasteiger partial charge in [0.2, 0.25) is 0 Å². The van der Waals surface area contributed by atoms with Crippen LogP contribution in [0.25, 0.3) is 77.7 Å². The van der Waals surface area contributed by atoms with Crippen LogP contribution in [0.15, 0.2) is 140 Å². The molecule has 0 saturated heterocycles. The van der Waals surface area contributed by atoms with E-state index in [0.29, 0.717) is 16.9 Å². The summed E-state index contributed by atoms with van der Waals surface area (Å²) in [7, 11) is 0. The lowest BCUT2D eigenvalue weighted by atomic mass is 9.98. The number of hydrogen-bond acceptors (Lipinski definition) is 4. The smallest absolute Gasteiger partial charge is 0.160 e. The molecule has 0 aliphatic rings. The lowest BCUT2D eigenvalue weighted by Gasteiger charge is -2.12. The van der Waals surface area contributed by atoms with Crippen molar-refractivity contribution in [3.8, 4) is 45.0 Å². The van der Waals surface area contributed by atoms with Crippen molar-refractivity contribution >= 4 is 32.7 Å². The third-order valence-corrected chi connectivity index (χ3v) is 7.79. The van der Waals surface area contributed by atoms with E-state index >= 15 is 0 Å². The van der Waals surface area contributed by atoms with Crippen LogP contribution in [0.5, 0.6) is 0 Å². The van der Waals surface area contributed by atoms with Crippen molar-refractivity contribution < 1.29 is 4.11 Å². The van der Waals surface area contributed by atoms with Gasteiger partial charge in [-0.1, -0.05) is 109 Å². The second-order valence-electron chi connectivity index (χ2n) is 10.5. The van der Waals surface area contributed by atoms with Gasteiger partial charge in [0.25, 0.3) is 0 Å². The highest BCUT2D eigenvalue weighted by atomic mass is 14.9. The number of fused-ring (bicyclic) bond motifs is 4. The van der Waals surface area contributed by atoms with Crippen LogP contribution in [0.4, 0.5) is 0 Å². The van der Waals surface area contributed by atoms with E-state index in [1.807, 2.05) is 84.9 Å². The summed E-state index contributed by atoms with van der Waals surface area (Å²) in [5.41, 5.74) is 8.87. The Morgan fingerprint density at radius 2 is 1.12 bits per heavy atom. The zero-order valence-corrected chi connectivity index (χ0v) is 23.1. The largest absolute Gasteiger partial charge is 0.251 e. The predicted molar refractivity (Wildman–Crippen MR) is 177 cm³/mol. The van der Waals surface area contributed by atoms with Crippen LogP contribution in [0.3, 0.4) is 0 Å². The molecule has 3 heterocycles. The Morgan fingerprint density at radius 1 is 0.465 bits per heavy atom. The van der Waals surface area contributed by atoms with Gasteiger partial charge in [0.15, 0.2) is 5.82 Å². The Bertz CT molecular complexity index is 2410. The molecule has 8 aromatic rings. The minimum atomic E-state index is -2.29. The third-order valence-electron chi connectivity index (χ3n) is 7.79. The lowest BCUT2D eigenvalue weighted by molar-refractivity contribution is 1.23. The molecule has 8 rings (SSSR count). The Kier molecular flexibility index (Phi) is 5.24. The fraction of sp³-hybridized carbons (Fsp3) is 0.0256. The monoisotopic (exact) mass is 553 g/mol. The van der Waals surface area contributed by atoms with Gasteiger partial charge >= 0.3 is 0 Å². The minimum Gasteiger partial charge on any atom is -0.251 e. The summed E-state index contributed by atoms with van der Waals surface area (Å²) in [5.74, 6) is 0.681. The first-order valence-corrected chi connectivity index (χ1v) is 14.2. The highest BCUT2D eigenvalue weighted by molar-refractivity contribution is 6.03. The van der Waals surface area contributed by atoms with E-state index in [9.17, 15) is 0 Å². The van der Waals surface area contributed by atoms with Crippen LogP contribution >= 0.6 is 0 Å². The molecule has 3 aromatic heterocycles. The van der Waals surface area contributed by atoms with Crippen LogP contribution in [0.2, 0.25) is 0 Å². The van der Waals surface area contributed by atoms with E-state index < -0.39 is 6.85 Å². The molecule has 0 amide bonds. The molecule has 4 nitrogen and oxygen atoms in total. The number of rotatable bonds is 4. The van der Waals surface area contributed by atoms with Crippen molar-refractivity contribution in [2.24, 2.45) is 0 Å². The van der Waals surface area contributed by atoms with Crippen LogP contribution in [-0.2, 0) is 0 Å². The summed E-state index contributed by atoms with van der Waals surface area (Å²) >= 11 is 0. The van der Waals surface area contributed by atoms with Crippen molar-refractivity contribution in [2.75, 3.05) is 0 Å². The van der Waals surface area contributed by atoms with Gasteiger partial charge in [-0.3, -0.25) is 4.98 Å². The molecule has 43 heavy (non-hydrogen) atoms. The Hall–Kier alpha value is -5.74. The normalized spacial score (nSPS) is 12.7. The van der Waals surface area contributed by atoms with E-state index in [1.165, 1.54) is 0 Å². The first-order valence-electron chi connectivity index (χ1n) is 15.7. The molecule has 0 aliphatic carbocycles. The van der Waals surface area contributed by atoms with Gasteiger partial charge in [0.05, 0.1) is 27.9 Å². The van der Waals surface area contributed by atoms with Gasteiger partial charge < -0.3 is 0 Å². The quantitative estimate of drug-likeness (QED) is 0.204. The van der Waals surface area contributed by atoms with Crippen LogP contribution < -0.4 is 0 Å². The Morgan fingerprint density at radius 3 is 1.91 bits per heavy atom. The highest BCUT2D eigenvalue weighted by Crippen LogP contribution is 2.34. The standard InChI is InChI=1S/C39H26N4/c1-25-15-16-27-17-18-28-20-22-34(41-38(28)37(27)40-25)32-14-8-13-30(23-32)31-19-21-33-35(24-31)42-39(29-11-6-3-7-12-29)43-36(33)26-9-4-2-5-10-26/h2-24H,1H3/i1D3. The fourth-order valence-electron chi connectivity index (χ4n) is 5.63. The van der Waals surface area contributed by atoms with Crippen molar-refractivity contribution in [2.45, 2.75) is 6.85 Å². The summed E-state index contributed by atoms with van der Waals surface area (Å²) in [6, 6.07) is 46.2. The second kappa shape index (κ2) is 10.3. The molecule has 0 N–H and O–H groups in total. The van der Waals surface area contributed by atoms with Crippen molar-refractivity contribution in [3.05, 3.63) is 145 Å². The van der Waals surface area contributed by atoms with Crippen LogP contribution in [0, 0.1) is 6.85 Å². The third kappa shape index (κ3) is 4.59. The number of nitrogens with zero attached hydrogens (tertiary/aromatic N) is 4. The molecule has 0 saturated carbocycles. The summed E-state index contributed by atoms with van der Waals surface area (Å²) in [6.07, 6.45) is 0. The van der Waals surface area contributed by atoms with E-state index in [2.05, 4.69) is 47.4 Å². The zero-order valence-electron chi connectivity index (χ0n) is 26.1. The van der Waals surface area contributed by atoms with Gasteiger partial charge in [-0.25, -0.2) is 15.0 Å². The van der Waals surface area contributed by atoms with E-state index in [-0.39, 0.29) is 5.69 Å². The minimum absolute atomic E-state index is 0.0626. The SMILES string of the molecule is [2H]C([2H])([2H])c1ccc2ccc3ccc(-c4cccc(-c5ccc6c(-c7ccccc7)nc(-c7ccccc7)nc6c5)c4)nc3c2n1. The molecule has 0 fully saturated rings. The van der Waals surface area contributed by atoms with Gasteiger partial charge in [-0.2, -0.15) is 0 Å². The summed E-state index contributed by atoms with van der Waals surface area (Å²) in [4.78, 5) is 19.6. The predicted octanol–water partition coefficient (Wildman–Crippen LogP) is 9.70. The molecule has 0 radical (unpaired) electrons. The highest BCUT2D eigenvalue weighted by Gasteiger charge is 2.13. The van der Waals surface area contributed by atoms with Crippen molar-refractivity contribution in [1.29, 1.82) is 0 Å². The molecule has 4 heteroatoms. The first kappa shape index (κ1) is 21.9. The number of benzene rings is 5. The molecule has 0 unspecified atom stereocenters. The maximum atomic E-state index is 7.84. The average molecular weight is 554 g/mol. The number of aromatic nitrogens is 4. The molecule has 0 atom stereocenters. The Labute approximate surface area is 253 Å². The van der Waals surface area contributed by atoms with E-state index in [1.54, 1.807) is 12.1 Å². The molecule has 0 aliphatic heterocycles. The number of pyridine rings is 2. The van der Waals surface area contributed by atoms with Crippen LogP contribution in [-0.4, -0.2) is 19.9 Å². The van der Waals surface area contributed by atoms with Gasteiger partial charge in [0.1, 0.15) is 0 Å².